The maximum atomic E-state index is 10.0. The standard InChI is InChI=1S/C4H8O2SSi/c5-3(6)7-4(8)1-2-4/h1-2H2,8H3,(H,5,6). The van der Waals surface area contributed by atoms with Crippen molar-refractivity contribution in [2.75, 3.05) is 0 Å². The molecule has 1 fully saturated rings. The van der Waals surface area contributed by atoms with Crippen LogP contribution < -0.4 is 0 Å². The van der Waals surface area contributed by atoms with Gasteiger partial charge in [-0.3, -0.25) is 0 Å². The van der Waals surface area contributed by atoms with E-state index in [1.807, 2.05) is 0 Å². The maximum absolute atomic E-state index is 10.0. The molecule has 0 aromatic heterocycles. The third-order valence-corrected chi connectivity index (χ3v) is 3.98. The normalized spacial score (nSPS) is 23.0. The molecule has 0 bridgehead atoms. The van der Waals surface area contributed by atoms with E-state index in [2.05, 4.69) is 0 Å². The molecular weight excluding hydrogens is 140 g/mol. The second kappa shape index (κ2) is 1.77. The SMILES string of the molecule is O=C(O)SC1([SiH3])CC1. The summed E-state index contributed by atoms with van der Waals surface area (Å²) in [6.07, 6.45) is 2.24. The van der Waals surface area contributed by atoms with E-state index >= 15 is 0 Å². The van der Waals surface area contributed by atoms with Crippen molar-refractivity contribution in [3.8, 4) is 0 Å². The van der Waals surface area contributed by atoms with Crippen LogP contribution in [0.25, 0.3) is 0 Å². The first kappa shape index (κ1) is 6.16. The zero-order valence-corrected chi connectivity index (χ0v) is 7.49. The Kier molecular flexibility index (Phi) is 1.36. The molecule has 0 aliphatic heterocycles. The molecular formula is C4H8O2SSi. The highest BCUT2D eigenvalue weighted by Crippen LogP contribution is 2.45. The minimum absolute atomic E-state index is 0.228. The first-order chi connectivity index (χ1) is 3.62. The van der Waals surface area contributed by atoms with E-state index in [-0.39, 0.29) is 4.37 Å². The van der Waals surface area contributed by atoms with Gasteiger partial charge in [0.25, 0.3) is 0 Å². The Bertz CT molecular complexity index is 121. The van der Waals surface area contributed by atoms with Crippen molar-refractivity contribution in [2.45, 2.75) is 17.2 Å². The van der Waals surface area contributed by atoms with Crippen molar-refractivity contribution in [1.82, 2.24) is 0 Å². The van der Waals surface area contributed by atoms with Crippen molar-refractivity contribution < 1.29 is 9.90 Å². The molecule has 0 aromatic rings. The van der Waals surface area contributed by atoms with E-state index in [0.29, 0.717) is 0 Å². The summed E-state index contributed by atoms with van der Waals surface area (Å²) < 4.78 is 0.228. The van der Waals surface area contributed by atoms with Crippen LogP contribution in [0.4, 0.5) is 4.79 Å². The first-order valence-electron chi connectivity index (χ1n) is 2.54. The van der Waals surface area contributed by atoms with Crippen LogP contribution >= 0.6 is 11.8 Å². The summed E-state index contributed by atoms with van der Waals surface area (Å²) in [6, 6.07) is 0. The summed E-state index contributed by atoms with van der Waals surface area (Å²) in [7, 11) is 1.02. The van der Waals surface area contributed by atoms with Gasteiger partial charge in [-0.15, -0.1) is 0 Å². The summed E-state index contributed by atoms with van der Waals surface area (Å²) in [6.45, 7) is 0. The molecule has 2 nitrogen and oxygen atoms in total. The summed E-state index contributed by atoms with van der Waals surface area (Å²) >= 11 is 1.10. The Balaban J connectivity index is 2.29. The Hall–Kier alpha value is 0.0369. The van der Waals surface area contributed by atoms with Crippen molar-refractivity contribution in [3.63, 3.8) is 0 Å². The number of hydrogen-bond donors (Lipinski definition) is 1. The van der Waals surface area contributed by atoms with E-state index in [1.165, 1.54) is 0 Å². The number of thioether (sulfide) groups is 1. The third-order valence-electron chi connectivity index (χ3n) is 1.29. The lowest BCUT2D eigenvalue weighted by atomic mass is 10.9. The van der Waals surface area contributed by atoms with Crippen LogP contribution in [0, 0.1) is 0 Å². The van der Waals surface area contributed by atoms with E-state index < -0.39 is 5.30 Å². The lowest BCUT2D eigenvalue weighted by Gasteiger charge is -1.98. The Labute approximate surface area is 55.1 Å². The summed E-state index contributed by atoms with van der Waals surface area (Å²) in [5.74, 6) is 0. The molecule has 0 heterocycles. The highest BCUT2D eigenvalue weighted by molar-refractivity contribution is 8.15. The van der Waals surface area contributed by atoms with Crippen molar-refractivity contribution in [2.24, 2.45) is 0 Å². The highest BCUT2D eigenvalue weighted by atomic mass is 32.2. The largest absolute Gasteiger partial charge is 0.473 e. The van der Waals surface area contributed by atoms with Gasteiger partial charge in [-0.05, 0) is 24.6 Å². The molecule has 46 valence electrons. The van der Waals surface area contributed by atoms with Gasteiger partial charge in [0.1, 0.15) is 0 Å². The minimum Gasteiger partial charge on any atom is -0.473 e. The Morgan fingerprint density at radius 1 is 1.75 bits per heavy atom. The van der Waals surface area contributed by atoms with Crippen LogP contribution in [0.5, 0.6) is 0 Å². The highest BCUT2D eigenvalue weighted by Gasteiger charge is 2.40. The molecule has 0 unspecified atom stereocenters. The smallest absolute Gasteiger partial charge is 0.365 e. The summed E-state index contributed by atoms with van der Waals surface area (Å²) in [4.78, 5) is 10.0. The van der Waals surface area contributed by atoms with E-state index in [4.69, 9.17) is 5.11 Å². The second-order valence-corrected chi connectivity index (χ2v) is 6.50. The fraction of sp³-hybridized carbons (Fsp3) is 0.750. The number of carbonyl (C=O) groups is 1. The average molecular weight is 148 g/mol. The van der Waals surface area contributed by atoms with Crippen molar-refractivity contribution >= 4 is 27.3 Å². The lowest BCUT2D eigenvalue weighted by Crippen LogP contribution is -2.04. The number of rotatable bonds is 1. The molecule has 1 rings (SSSR count). The van der Waals surface area contributed by atoms with Gasteiger partial charge >= 0.3 is 5.30 Å². The van der Waals surface area contributed by atoms with Gasteiger partial charge in [-0.25, -0.2) is 4.79 Å². The summed E-state index contributed by atoms with van der Waals surface area (Å²) in [5, 5.41) is 7.56. The molecule has 1 aliphatic carbocycles. The predicted octanol–water partition coefficient (Wildman–Crippen LogP) is 0.253. The Morgan fingerprint density at radius 3 is 2.38 bits per heavy atom. The van der Waals surface area contributed by atoms with Crippen LogP contribution in [0.1, 0.15) is 12.8 Å². The molecule has 4 heteroatoms. The van der Waals surface area contributed by atoms with E-state index in [9.17, 15) is 4.79 Å². The maximum Gasteiger partial charge on any atom is 0.365 e. The Morgan fingerprint density at radius 2 is 2.25 bits per heavy atom. The molecule has 1 N–H and O–H groups in total. The molecule has 0 amide bonds. The van der Waals surface area contributed by atoms with E-state index in [1.54, 1.807) is 0 Å². The molecule has 8 heavy (non-hydrogen) atoms. The molecule has 0 radical (unpaired) electrons. The van der Waals surface area contributed by atoms with Gasteiger partial charge < -0.3 is 5.11 Å². The van der Waals surface area contributed by atoms with Crippen LogP contribution in [0.2, 0.25) is 0 Å². The topological polar surface area (TPSA) is 37.3 Å². The van der Waals surface area contributed by atoms with Gasteiger partial charge in [0.2, 0.25) is 0 Å². The fourth-order valence-electron chi connectivity index (χ4n) is 0.489. The fourth-order valence-corrected chi connectivity index (χ4v) is 1.99. The zero-order valence-electron chi connectivity index (χ0n) is 4.68. The van der Waals surface area contributed by atoms with Crippen LogP contribution in [-0.2, 0) is 0 Å². The summed E-state index contributed by atoms with van der Waals surface area (Å²) in [5.41, 5.74) is 0. The van der Waals surface area contributed by atoms with Crippen molar-refractivity contribution in [1.29, 1.82) is 0 Å². The zero-order chi connectivity index (χ0) is 6.20. The third kappa shape index (κ3) is 1.52. The van der Waals surface area contributed by atoms with Crippen LogP contribution in [-0.4, -0.2) is 25.0 Å². The van der Waals surface area contributed by atoms with Gasteiger partial charge in [0.05, 0.1) is 0 Å². The minimum atomic E-state index is -0.711. The molecule has 0 atom stereocenters. The molecule has 0 aromatic carbocycles. The first-order valence-corrected chi connectivity index (χ1v) is 4.36. The predicted molar refractivity (Wildman–Crippen MR) is 37.5 cm³/mol. The molecule has 0 saturated heterocycles. The number of carboxylic acid groups (broad SMARTS) is 1. The lowest BCUT2D eigenvalue weighted by molar-refractivity contribution is 0.222. The van der Waals surface area contributed by atoms with Gasteiger partial charge in [0.15, 0.2) is 0 Å². The monoisotopic (exact) mass is 148 g/mol. The van der Waals surface area contributed by atoms with Gasteiger partial charge in [-0.1, -0.05) is 0 Å². The second-order valence-electron chi connectivity index (χ2n) is 2.32. The van der Waals surface area contributed by atoms with Gasteiger partial charge in [-0.2, -0.15) is 0 Å². The molecule has 0 spiro atoms. The number of hydrogen-bond acceptors (Lipinski definition) is 2. The van der Waals surface area contributed by atoms with E-state index in [0.717, 1.165) is 34.8 Å². The molecule has 1 saturated carbocycles. The van der Waals surface area contributed by atoms with Crippen LogP contribution in [0.3, 0.4) is 0 Å². The van der Waals surface area contributed by atoms with Gasteiger partial charge in [0, 0.05) is 14.6 Å². The van der Waals surface area contributed by atoms with Crippen molar-refractivity contribution in [3.05, 3.63) is 0 Å². The quantitative estimate of drug-likeness (QED) is 0.542. The average Bonchev–Trinajstić information content (AvgIpc) is 2.17. The van der Waals surface area contributed by atoms with Crippen LogP contribution in [0.15, 0.2) is 0 Å². The molecule has 1 aliphatic rings.